The first-order valence-corrected chi connectivity index (χ1v) is 1.97. The molecule has 0 bridgehead atoms. The van der Waals surface area contributed by atoms with Crippen molar-refractivity contribution in [3.05, 3.63) is 0 Å². The van der Waals surface area contributed by atoms with Gasteiger partial charge in [-0.1, -0.05) is 6.92 Å². The Morgan fingerprint density at radius 2 is 2.29 bits per heavy atom. The van der Waals surface area contributed by atoms with Gasteiger partial charge in [-0.15, -0.1) is 17.0 Å². The van der Waals surface area contributed by atoms with Crippen molar-refractivity contribution in [1.82, 2.24) is 0 Å². The van der Waals surface area contributed by atoms with Crippen molar-refractivity contribution in [1.29, 1.82) is 0 Å². The van der Waals surface area contributed by atoms with Crippen LogP contribution in [0.25, 0.3) is 0 Å². The first-order valence-electron chi connectivity index (χ1n) is 1.97. The van der Waals surface area contributed by atoms with Crippen LogP contribution in [0.15, 0.2) is 0 Å². The maximum atomic E-state index is 9.34. The summed E-state index contributed by atoms with van der Waals surface area (Å²) < 4.78 is 4.30. The average Bonchev–Trinajstić information content (AvgIpc) is 1.61. The Hall–Kier alpha value is -0.0500. The summed E-state index contributed by atoms with van der Waals surface area (Å²) in [5.74, 6) is 0. The van der Waals surface area contributed by atoms with Crippen LogP contribution in [0.5, 0.6) is 0 Å². The Bertz CT molecular complexity index is 38.7. The molecule has 0 unspecified atom stereocenters. The molecule has 0 aromatic carbocycles. The maximum absolute atomic E-state index is 9.34. The molecule has 0 aromatic heterocycles. The van der Waals surface area contributed by atoms with Crippen LogP contribution < -0.4 is 0 Å². The number of hydrogen-bond acceptors (Lipinski definition) is 2. The van der Waals surface area contributed by atoms with Gasteiger partial charge in [0.15, 0.2) is 0 Å². The quantitative estimate of drug-likeness (QED) is 0.467. The normalized spacial score (nSPS) is 6.43. The van der Waals surface area contributed by atoms with E-state index in [1.165, 1.54) is 0 Å². The molecule has 0 heterocycles. The zero-order chi connectivity index (χ0) is 4.83. The van der Waals surface area contributed by atoms with Crippen molar-refractivity contribution in [2.24, 2.45) is 0 Å². The fourth-order valence-electron chi connectivity index (χ4n) is 0.166. The predicted octanol–water partition coefficient (Wildman–Crippen LogP) is 1.15. The minimum Gasteiger partial charge on any atom is -0.468 e. The molecule has 0 aromatic rings. The highest BCUT2D eigenvalue weighted by Gasteiger charge is 1.71. The van der Waals surface area contributed by atoms with Crippen LogP contribution in [-0.2, 0) is 9.53 Å². The summed E-state index contributed by atoms with van der Waals surface area (Å²) in [5.41, 5.74) is 0. The summed E-state index contributed by atoms with van der Waals surface area (Å²) in [6.45, 7) is 2.95. The molecule has 0 fully saturated rings. The molecule has 0 radical (unpaired) electrons. The Balaban J connectivity index is 0. The number of ether oxygens (including phenoxy) is 1. The zero-order valence-corrected chi connectivity index (χ0v) is 5.93. The molecular weight excluding hydrogens is 160 g/mol. The molecule has 0 saturated carbocycles. The van der Waals surface area contributed by atoms with Gasteiger partial charge in [-0.25, -0.2) is 0 Å². The molecule has 7 heavy (non-hydrogen) atoms. The second kappa shape index (κ2) is 9.34. The Morgan fingerprint density at radius 1 is 1.71 bits per heavy atom. The number of halogens is 1. The summed E-state index contributed by atoms with van der Waals surface area (Å²) in [5, 5.41) is 0. The van der Waals surface area contributed by atoms with Gasteiger partial charge in [-0.3, -0.25) is 4.79 Å². The molecule has 0 amide bonds. The Labute approximate surface area is 53.6 Å². The van der Waals surface area contributed by atoms with Crippen molar-refractivity contribution >= 4 is 23.5 Å². The highest BCUT2D eigenvalue weighted by molar-refractivity contribution is 8.93. The topological polar surface area (TPSA) is 26.3 Å². The lowest BCUT2D eigenvalue weighted by Crippen LogP contribution is -1.86. The smallest absolute Gasteiger partial charge is 0.293 e. The molecule has 0 aliphatic carbocycles. The van der Waals surface area contributed by atoms with E-state index in [0.29, 0.717) is 13.1 Å². The van der Waals surface area contributed by atoms with Gasteiger partial charge < -0.3 is 4.74 Å². The fraction of sp³-hybridized carbons (Fsp3) is 0.750. The third-order valence-corrected chi connectivity index (χ3v) is 0.390. The van der Waals surface area contributed by atoms with Crippen LogP contribution >= 0.6 is 17.0 Å². The molecule has 0 atom stereocenters. The summed E-state index contributed by atoms with van der Waals surface area (Å²) in [6, 6.07) is 0. The van der Waals surface area contributed by atoms with E-state index in [4.69, 9.17) is 0 Å². The molecule has 0 N–H and O–H groups in total. The van der Waals surface area contributed by atoms with Crippen LogP contribution in [0, 0.1) is 0 Å². The number of carbonyl (C=O) groups is 1. The van der Waals surface area contributed by atoms with Crippen molar-refractivity contribution in [2.75, 3.05) is 6.61 Å². The third kappa shape index (κ3) is 10.7. The van der Waals surface area contributed by atoms with Crippen LogP contribution in [0.2, 0.25) is 0 Å². The Kier molecular flexibility index (Phi) is 13.4. The number of hydrogen-bond donors (Lipinski definition) is 0. The van der Waals surface area contributed by atoms with Gasteiger partial charge in [0.1, 0.15) is 0 Å². The van der Waals surface area contributed by atoms with Crippen molar-refractivity contribution in [2.45, 2.75) is 13.3 Å². The lowest BCUT2D eigenvalue weighted by Gasteiger charge is -1.86. The van der Waals surface area contributed by atoms with Crippen LogP contribution in [0.4, 0.5) is 0 Å². The van der Waals surface area contributed by atoms with Gasteiger partial charge in [0.05, 0.1) is 6.61 Å². The fourth-order valence-corrected chi connectivity index (χ4v) is 0.166. The van der Waals surface area contributed by atoms with E-state index < -0.39 is 0 Å². The monoisotopic (exact) mass is 168 g/mol. The highest BCUT2D eigenvalue weighted by Crippen LogP contribution is 1.71. The van der Waals surface area contributed by atoms with E-state index >= 15 is 0 Å². The summed E-state index contributed by atoms with van der Waals surface area (Å²) in [6.07, 6.45) is 0.902. The van der Waals surface area contributed by atoms with E-state index in [-0.39, 0.29) is 17.0 Å². The maximum Gasteiger partial charge on any atom is 0.293 e. The van der Waals surface area contributed by atoms with Crippen LogP contribution in [-0.4, -0.2) is 13.1 Å². The second-order valence-electron chi connectivity index (χ2n) is 0.967. The minimum absolute atomic E-state index is 0. The predicted molar refractivity (Wildman–Crippen MR) is 32.6 cm³/mol. The second-order valence-corrected chi connectivity index (χ2v) is 0.967. The van der Waals surface area contributed by atoms with Crippen molar-refractivity contribution < 1.29 is 9.53 Å². The third-order valence-electron chi connectivity index (χ3n) is 0.390. The molecule has 0 saturated heterocycles. The summed E-state index contributed by atoms with van der Waals surface area (Å²) in [7, 11) is 0. The van der Waals surface area contributed by atoms with E-state index in [1.54, 1.807) is 0 Å². The molecule has 0 aliphatic rings. The molecular formula is C4H9BrO2. The average molecular weight is 169 g/mol. The number of rotatable bonds is 3. The lowest BCUT2D eigenvalue weighted by atomic mass is 10.5. The van der Waals surface area contributed by atoms with E-state index in [9.17, 15) is 4.79 Å². The summed E-state index contributed by atoms with van der Waals surface area (Å²) >= 11 is 0. The van der Waals surface area contributed by atoms with Gasteiger partial charge in [0.2, 0.25) is 0 Å². The van der Waals surface area contributed by atoms with Crippen molar-refractivity contribution in [3.8, 4) is 0 Å². The summed E-state index contributed by atoms with van der Waals surface area (Å²) in [4.78, 5) is 9.34. The van der Waals surface area contributed by atoms with Crippen LogP contribution in [0.1, 0.15) is 13.3 Å². The van der Waals surface area contributed by atoms with Gasteiger partial charge in [-0.2, -0.15) is 0 Å². The molecule has 3 heteroatoms. The van der Waals surface area contributed by atoms with Gasteiger partial charge in [0.25, 0.3) is 6.47 Å². The first kappa shape index (κ1) is 10.0. The molecule has 44 valence electrons. The van der Waals surface area contributed by atoms with Gasteiger partial charge in [0, 0.05) is 0 Å². The Morgan fingerprint density at radius 3 is 2.43 bits per heavy atom. The van der Waals surface area contributed by atoms with E-state index in [1.807, 2.05) is 6.92 Å². The van der Waals surface area contributed by atoms with E-state index in [0.717, 1.165) is 6.42 Å². The first-order chi connectivity index (χ1) is 2.91. The lowest BCUT2D eigenvalue weighted by molar-refractivity contribution is -0.128. The SMILES string of the molecule is Br.CCCOC=O. The number of carbonyl (C=O) groups excluding carboxylic acids is 1. The van der Waals surface area contributed by atoms with Crippen molar-refractivity contribution in [3.63, 3.8) is 0 Å². The van der Waals surface area contributed by atoms with E-state index in [2.05, 4.69) is 4.74 Å². The molecule has 0 rings (SSSR count). The van der Waals surface area contributed by atoms with Crippen LogP contribution in [0.3, 0.4) is 0 Å². The molecule has 2 nitrogen and oxygen atoms in total. The highest BCUT2D eigenvalue weighted by atomic mass is 79.9. The van der Waals surface area contributed by atoms with Gasteiger partial charge >= 0.3 is 0 Å². The standard InChI is InChI=1S/C4H8O2.BrH/c1-2-3-6-4-5;/h4H,2-3H2,1H3;1H. The van der Waals surface area contributed by atoms with Gasteiger partial charge in [-0.05, 0) is 6.42 Å². The zero-order valence-electron chi connectivity index (χ0n) is 4.22. The largest absolute Gasteiger partial charge is 0.468 e. The minimum atomic E-state index is 0. The molecule has 0 aliphatic heterocycles. The molecule has 0 spiro atoms.